The third kappa shape index (κ3) is 4.99. The van der Waals surface area contributed by atoms with Crippen molar-refractivity contribution in [1.29, 1.82) is 0 Å². The largest absolute Gasteiger partial charge is 0.345 e. The number of thiazole rings is 1. The van der Waals surface area contributed by atoms with Gasteiger partial charge in [0.15, 0.2) is 5.13 Å². The van der Waals surface area contributed by atoms with Crippen LogP contribution < -0.4 is 4.90 Å². The maximum Gasteiger partial charge on any atom is 0.244 e. The molecule has 1 fully saturated rings. The van der Waals surface area contributed by atoms with E-state index in [1.54, 1.807) is 12.1 Å². The van der Waals surface area contributed by atoms with Crippen LogP contribution in [0.4, 0.5) is 9.52 Å². The van der Waals surface area contributed by atoms with Gasteiger partial charge in [-0.25, -0.2) is 17.8 Å². The summed E-state index contributed by atoms with van der Waals surface area (Å²) in [6.07, 6.45) is 0.492. The number of anilines is 1. The van der Waals surface area contributed by atoms with E-state index in [0.29, 0.717) is 37.6 Å². The molecule has 11 heteroatoms. The summed E-state index contributed by atoms with van der Waals surface area (Å²) in [7, 11) is -3.74. The summed E-state index contributed by atoms with van der Waals surface area (Å²) >= 11 is 19.3. The molecule has 0 amide bonds. The zero-order chi connectivity index (χ0) is 22.2. The van der Waals surface area contributed by atoms with Crippen molar-refractivity contribution in [2.24, 2.45) is 0 Å². The average molecular weight is 521 g/mol. The van der Waals surface area contributed by atoms with Crippen molar-refractivity contribution in [2.75, 3.05) is 31.1 Å². The molecule has 0 saturated carbocycles. The highest BCUT2D eigenvalue weighted by Crippen LogP contribution is 2.30. The molecular formula is C20H17Cl3FN3O2S2. The van der Waals surface area contributed by atoms with Gasteiger partial charge in [-0.2, -0.15) is 4.31 Å². The lowest BCUT2D eigenvalue weighted by Crippen LogP contribution is -2.48. The molecule has 0 unspecified atom stereocenters. The minimum atomic E-state index is -3.74. The smallest absolute Gasteiger partial charge is 0.244 e. The third-order valence-corrected chi connectivity index (χ3v) is 8.80. The molecule has 5 nitrogen and oxygen atoms in total. The fourth-order valence-corrected chi connectivity index (χ4v) is 6.47. The van der Waals surface area contributed by atoms with E-state index >= 15 is 0 Å². The van der Waals surface area contributed by atoms with Crippen molar-refractivity contribution >= 4 is 61.3 Å². The number of halogens is 4. The van der Waals surface area contributed by atoms with Crippen LogP contribution in [0.1, 0.15) is 11.3 Å². The maximum atomic E-state index is 13.7. The molecule has 0 bridgehead atoms. The lowest BCUT2D eigenvalue weighted by Gasteiger charge is -2.34. The summed E-state index contributed by atoms with van der Waals surface area (Å²) in [5.41, 5.74) is 1.61. The van der Waals surface area contributed by atoms with Gasteiger partial charge in [-0.05, 0) is 35.9 Å². The van der Waals surface area contributed by atoms with E-state index in [9.17, 15) is 12.8 Å². The molecule has 0 atom stereocenters. The zero-order valence-electron chi connectivity index (χ0n) is 16.1. The van der Waals surface area contributed by atoms with Crippen molar-refractivity contribution in [1.82, 2.24) is 9.29 Å². The molecule has 1 aromatic heterocycles. The van der Waals surface area contributed by atoms with Crippen molar-refractivity contribution in [3.05, 3.63) is 73.9 Å². The van der Waals surface area contributed by atoms with E-state index in [0.717, 1.165) is 16.4 Å². The van der Waals surface area contributed by atoms with E-state index < -0.39 is 15.8 Å². The fraction of sp³-hybridized carbons (Fsp3) is 0.250. The number of rotatable bonds is 5. The molecular weight excluding hydrogens is 504 g/mol. The molecule has 0 spiro atoms. The van der Waals surface area contributed by atoms with E-state index in [-0.39, 0.29) is 14.9 Å². The molecule has 1 aliphatic heterocycles. The van der Waals surface area contributed by atoms with Crippen LogP contribution in [0, 0.1) is 5.82 Å². The maximum absolute atomic E-state index is 13.7. The van der Waals surface area contributed by atoms with Crippen molar-refractivity contribution < 1.29 is 12.8 Å². The normalized spacial score (nSPS) is 15.4. The van der Waals surface area contributed by atoms with Crippen LogP contribution in [-0.2, 0) is 16.4 Å². The Balaban J connectivity index is 1.42. The summed E-state index contributed by atoms with van der Waals surface area (Å²) in [4.78, 5) is 6.69. The Morgan fingerprint density at radius 3 is 2.42 bits per heavy atom. The van der Waals surface area contributed by atoms with Gasteiger partial charge in [-0.3, -0.25) is 0 Å². The number of benzene rings is 2. The van der Waals surface area contributed by atoms with Gasteiger partial charge >= 0.3 is 0 Å². The van der Waals surface area contributed by atoms with Gasteiger partial charge in [0.05, 0.1) is 15.7 Å². The first-order valence-corrected chi connectivity index (χ1v) is 12.8. The lowest BCUT2D eigenvalue weighted by atomic mass is 10.1. The Labute approximate surface area is 199 Å². The summed E-state index contributed by atoms with van der Waals surface area (Å²) in [6, 6.07) is 9.13. The van der Waals surface area contributed by atoms with Crippen LogP contribution in [0.2, 0.25) is 15.1 Å². The van der Waals surface area contributed by atoms with Crippen LogP contribution in [-0.4, -0.2) is 43.9 Å². The highest BCUT2D eigenvalue weighted by Gasteiger charge is 2.31. The standard InChI is InChI=1S/C20H17Cl3FN3O2S2/c21-14-2-4-17(23)19(11-14)31(28,29)27-7-5-26(6-8-27)20-25-15(12-30-20)9-13-1-3-16(22)18(24)10-13/h1-4,10-12H,5-9H2. The first-order valence-electron chi connectivity index (χ1n) is 9.32. The molecule has 4 rings (SSSR count). The highest BCUT2D eigenvalue weighted by molar-refractivity contribution is 7.89. The number of hydrogen-bond acceptors (Lipinski definition) is 5. The summed E-state index contributed by atoms with van der Waals surface area (Å²) in [5.74, 6) is -0.452. The van der Waals surface area contributed by atoms with Crippen LogP contribution >= 0.6 is 46.1 Å². The van der Waals surface area contributed by atoms with E-state index in [1.807, 2.05) is 10.3 Å². The van der Waals surface area contributed by atoms with Gasteiger partial charge in [0.2, 0.25) is 10.0 Å². The first-order chi connectivity index (χ1) is 14.7. The second-order valence-electron chi connectivity index (χ2n) is 7.01. The molecule has 0 N–H and O–H groups in total. The molecule has 31 heavy (non-hydrogen) atoms. The number of nitrogens with zero attached hydrogens (tertiary/aromatic N) is 3. The van der Waals surface area contributed by atoms with Crippen molar-refractivity contribution in [2.45, 2.75) is 11.3 Å². The molecule has 2 aromatic carbocycles. The summed E-state index contributed by atoms with van der Waals surface area (Å²) < 4.78 is 41.0. The van der Waals surface area contributed by atoms with Crippen LogP contribution in [0.15, 0.2) is 46.7 Å². The Kier molecular flexibility index (Phi) is 6.76. The van der Waals surface area contributed by atoms with Gasteiger partial charge in [0.25, 0.3) is 0 Å². The minimum Gasteiger partial charge on any atom is -0.345 e. The lowest BCUT2D eigenvalue weighted by molar-refractivity contribution is 0.384. The van der Waals surface area contributed by atoms with Gasteiger partial charge in [0, 0.05) is 43.0 Å². The Hall–Kier alpha value is -1.42. The first kappa shape index (κ1) is 22.8. The number of sulfonamides is 1. The molecule has 164 valence electrons. The molecule has 1 aliphatic rings. The number of piperazine rings is 1. The molecule has 0 aliphatic carbocycles. The highest BCUT2D eigenvalue weighted by atomic mass is 35.5. The average Bonchev–Trinajstić information content (AvgIpc) is 3.21. The number of hydrogen-bond donors (Lipinski definition) is 0. The Morgan fingerprint density at radius 1 is 1.00 bits per heavy atom. The topological polar surface area (TPSA) is 53.5 Å². The second kappa shape index (κ2) is 9.21. The second-order valence-corrected chi connectivity index (χ2v) is 11.0. The van der Waals surface area contributed by atoms with Crippen LogP contribution in [0.3, 0.4) is 0 Å². The molecule has 3 aromatic rings. The molecule has 1 saturated heterocycles. The third-order valence-electron chi connectivity index (χ3n) is 4.93. The van der Waals surface area contributed by atoms with E-state index in [2.05, 4.69) is 4.98 Å². The summed E-state index contributed by atoms with van der Waals surface area (Å²) in [5, 5.41) is 3.29. The van der Waals surface area contributed by atoms with Gasteiger partial charge in [-0.15, -0.1) is 11.3 Å². The van der Waals surface area contributed by atoms with E-state index in [1.165, 1.54) is 39.9 Å². The van der Waals surface area contributed by atoms with Gasteiger partial charge < -0.3 is 4.90 Å². The predicted octanol–water partition coefficient (Wildman–Crippen LogP) is 5.34. The van der Waals surface area contributed by atoms with Gasteiger partial charge in [-0.1, -0.05) is 40.9 Å². The minimum absolute atomic E-state index is 0.0156. The van der Waals surface area contributed by atoms with E-state index in [4.69, 9.17) is 34.8 Å². The molecule has 0 radical (unpaired) electrons. The Morgan fingerprint density at radius 2 is 1.71 bits per heavy atom. The predicted molar refractivity (Wildman–Crippen MR) is 124 cm³/mol. The molecule has 2 heterocycles. The monoisotopic (exact) mass is 519 g/mol. The quantitative estimate of drug-likeness (QED) is 0.455. The summed E-state index contributed by atoms with van der Waals surface area (Å²) in [6.45, 7) is 1.62. The van der Waals surface area contributed by atoms with Crippen LogP contribution in [0.25, 0.3) is 0 Å². The SMILES string of the molecule is O=S(=O)(c1cc(Cl)ccc1Cl)N1CCN(c2nc(Cc3ccc(Cl)c(F)c3)cs2)CC1. The fourth-order valence-electron chi connectivity index (χ4n) is 3.32. The Bertz CT molecular complexity index is 1210. The van der Waals surface area contributed by atoms with Crippen molar-refractivity contribution in [3.8, 4) is 0 Å². The zero-order valence-corrected chi connectivity index (χ0v) is 20.0. The van der Waals surface area contributed by atoms with Crippen LogP contribution in [0.5, 0.6) is 0 Å². The number of aromatic nitrogens is 1. The van der Waals surface area contributed by atoms with Gasteiger partial charge in [0.1, 0.15) is 10.7 Å². The van der Waals surface area contributed by atoms with Crippen molar-refractivity contribution in [3.63, 3.8) is 0 Å².